The summed E-state index contributed by atoms with van der Waals surface area (Å²) < 4.78 is 28.1. The lowest BCUT2D eigenvalue weighted by atomic mass is 10.1. The molecule has 2 amide bonds. The smallest absolute Gasteiger partial charge is 0.261 e. The number of hydrogen-bond donors (Lipinski definition) is 3. The van der Waals surface area contributed by atoms with Crippen LogP contribution >= 0.6 is 0 Å². The Morgan fingerprint density at radius 3 is 2.32 bits per heavy atom. The number of rotatable bonds is 7. The van der Waals surface area contributed by atoms with Crippen molar-refractivity contribution in [2.75, 3.05) is 4.72 Å². The highest BCUT2D eigenvalue weighted by atomic mass is 32.2. The predicted octanol–water partition coefficient (Wildman–Crippen LogP) is 3.13. The van der Waals surface area contributed by atoms with E-state index in [0.717, 1.165) is 5.56 Å². The number of anilines is 1. The van der Waals surface area contributed by atoms with E-state index < -0.39 is 21.8 Å². The minimum Gasteiger partial charge on any atom is -0.366 e. The second kappa shape index (κ2) is 9.01. The van der Waals surface area contributed by atoms with Crippen molar-refractivity contribution in [1.29, 1.82) is 0 Å². The molecule has 0 radical (unpaired) electrons. The fraction of sp³-hybridized carbons (Fsp3) is 0.130. The van der Waals surface area contributed by atoms with Gasteiger partial charge < -0.3 is 11.1 Å². The lowest BCUT2D eigenvalue weighted by molar-refractivity contribution is 0.0949. The van der Waals surface area contributed by atoms with Crippen LogP contribution in [0.5, 0.6) is 0 Å². The van der Waals surface area contributed by atoms with E-state index in [9.17, 15) is 18.0 Å². The first-order chi connectivity index (χ1) is 14.7. The lowest BCUT2D eigenvalue weighted by Crippen LogP contribution is -2.24. The summed E-state index contributed by atoms with van der Waals surface area (Å²) in [5, 5.41) is 2.75. The summed E-state index contributed by atoms with van der Waals surface area (Å²) in [5.74, 6) is -0.975. The maximum Gasteiger partial charge on any atom is 0.261 e. The van der Waals surface area contributed by atoms with Gasteiger partial charge in [0.15, 0.2) is 0 Å². The quantitative estimate of drug-likeness (QED) is 0.526. The van der Waals surface area contributed by atoms with Crippen LogP contribution in [-0.4, -0.2) is 20.2 Å². The van der Waals surface area contributed by atoms with E-state index in [-0.39, 0.29) is 17.0 Å². The Morgan fingerprint density at radius 1 is 0.935 bits per heavy atom. The molecule has 0 saturated heterocycles. The Balaban J connectivity index is 1.78. The number of nitrogens with one attached hydrogen (secondary N) is 2. The third-order valence-electron chi connectivity index (χ3n) is 4.73. The van der Waals surface area contributed by atoms with Crippen molar-refractivity contribution in [3.63, 3.8) is 0 Å². The zero-order valence-corrected chi connectivity index (χ0v) is 18.0. The van der Waals surface area contributed by atoms with Crippen LogP contribution in [0.4, 0.5) is 5.69 Å². The van der Waals surface area contributed by atoms with Gasteiger partial charge in [0.05, 0.1) is 4.90 Å². The van der Waals surface area contributed by atoms with Crippen molar-refractivity contribution in [2.24, 2.45) is 5.73 Å². The van der Waals surface area contributed by atoms with Gasteiger partial charge in [-0.25, -0.2) is 8.42 Å². The molecule has 0 heterocycles. The van der Waals surface area contributed by atoms with Gasteiger partial charge in [-0.1, -0.05) is 35.9 Å². The summed E-state index contributed by atoms with van der Waals surface area (Å²) in [6, 6.07) is 18.0. The summed E-state index contributed by atoms with van der Waals surface area (Å²) in [4.78, 5) is 24.0. The molecule has 160 valence electrons. The molecule has 0 unspecified atom stereocenters. The van der Waals surface area contributed by atoms with E-state index in [1.54, 1.807) is 61.5 Å². The van der Waals surface area contributed by atoms with Gasteiger partial charge in [0, 0.05) is 23.4 Å². The van der Waals surface area contributed by atoms with E-state index in [2.05, 4.69) is 10.0 Å². The maximum absolute atomic E-state index is 12.8. The number of nitrogens with two attached hydrogens (primary N) is 1. The molecule has 31 heavy (non-hydrogen) atoms. The third kappa shape index (κ3) is 5.49. The zero-order valence-electron chi connectivity index (χ0n) is 17.2. The van der Waals surface area contributed by atoms with Crippen molar-refractivity contribution in [2.45, 2.75) is 25.3 Å². The van der Waals surface area contributed by atoms with Crippen LogP contribution in [0.15, 0.2) is 71.6 Å². The van der Waals surface area contributed by atoms with Gasteiger partial charge >= 0.3 is 0 Å². The molecule has 4 N–H and O–H groups in total. The average Bonchev–Trinajstić information content (AvgIpc) is 2.74. The molecule has 0 aliphatic carbocycles. The number of aryl methyl sites for hydroxylation is 2. The third-order valence-corrected chi connectivity index (χ3v) is 6.11. The molecule has 7 nitrogen and oxygen atoms in total. The number of amides is 2. The highest BCUT2D eigenvalue weighted by Gasteiger charge is 2.18. The summed E-state index contributed by atoms with van der Waals surface area (Å²) in [6.45, 7) is 3.80. The van der Waals surface area contributed by atoms with Crippen molar-refractivity contribution in [3.8, 4) is 0 Å². The van der Waals surface area contributed by atoms with Gasteiger partial charge in [0.1, 0.15) is 0 Å². The van der Waals surface area contributed by atoms with Crippen LogP contribution in [-0.2, 0) is 16.6 Å². The van der Waals surface area contributed by atoms with E-state index in [1.165, 1.54) is 12.1 Å². The Hall–Kier alpha value is -3.65. The molecule has 8 heteroatoms. The van der Waals surface area contributed by atoms with E-state index in [0.29, 0.717) is 22.4 Å². The average molecular weight is 438 g/mol. The topological polar surface area (TPSA) is 118 Å². The van der Waals surface area contributed by atoms with E-state index >= 15 is 0 Å². The minimum atomic E-state index is -3.86. The second-order valence-corrected chi connectivity index (χ2v) is 8.88. The lowest BCUT2D eigenvalue weighted by Gasteiger charge is -2.12. The summed E-state index contributed by atoms with van der Waals surface area (Å²) in [7, 11) is -3.86. The molecular formula is C23H23N3O4S. The van der Waals surface area contributed by atoms with Crippen LogP contribution in [0.2, 0.25) is 0 Å². The van der Waals surface area contributed by atoms with Gasteiger partial charge in [-0.2, -0.15) is 0 Å². The first kappa shape index (κ1) is 22.0. The highest BCUT2D eigenvalue weighted by Crippen LogP contribution is 2.20. The number of carbonyl (C=O) groups excluding carboxylic acids is 2. The fourth-order valence-corrected chi connectivity index (χ4v) is 4.05. The largest absolute Gasteiger partial charge is 0.366 e. The molecule has 0 fully saturated rings. The number of primary amides is 1. The molecule has 0 aliphatic rings. The van der Waals surface area contributed by atoms with Gasteiger partial charge in [-0.05, 0) is 61.4 Å². The summed E-state index contributed by atoms with van der Waals surface area (Å²) in [6.07, 6.45) is 0. The summed E-state index contributed by atoms with van der Waals surface area (Å²) in [5.41, 5.74) is 8.66. The Bertz CT molecular complexity index is 1240. The van der Waals surface area contributed by atoms with Crippen LogP contribution < -0.4 is 15.8 Å². The SMILES string of the molecule is Cc1ccc(NS(=O)(=O)c2ccc(C)c(C(=O)NCc3cccc(C(N)=O)c3)c2)cc1. The number of carbonyl (C=O) groups is 2. The Kier molecular flexibility index (Phi) is 6.41. The number of sulfonamides is 1. The van der Waals surface area contributed by atoms with Gasteiger partial charge in [-0.3, -0.25) is 14.3 Å². The number of hydrogen-bond acceptors (Lipinski definition) is 4. The zero-order chi connectivity index (χ0) is 22.6. The predicted molar refractivity (Wildman–Crippen MR) is 119 cm³/mol. The van der Waals surface area contributed by atoms with Crippen LogP contribution in [0.3, 0.4) is 0 Å². The number of benzene rings is 3. The fourth-order valence-electron chi connectivity index (χ4n) is 2.96. The van der Waals surface area contributed by atoms with Crippen molar-refractivity contribution in [3.05, 3.63) is 94.5 Å². The first-order valence-electron chi connectivity index (χ1n) is 9.53. The second-order valence-electron chi connectivity index (χ2n) is 7.20. The monoisotopic (exact) mass is 437 g/mol. The molecule has 0 bridgehead atoms. The molecule has 3 aromatic rings. The van der Waals surface area contributed by atoms with Crippen LogP contribution in [0.25, 0.3) is 0 Å². The maximum atomic E-state index is 12.8. The van der Waals surface area contributed by atoms with Gasteiger partial charge in [0.2, 0.25) is 5.91 Å². The Labute approximate surface area is 181 Å². The standard InChI is InChI=1S/C23H23N3O4S/c1-15-6-9-19(10-7-15)26-31(29,30)20-11-8-16(2)21(13-20)23(28)25-14-17-4-3-5-18(12-17)22(24)27/h3-13,26H,14H2,1-2H3,(H2,24,27)(H,25,28). The first-order valence-corrected chi connectivity index (χ1v) is 11.0. The van der Waals surface area contributed by atoms with Gasteiger partial charge in [-0.15, -0.1) is 0 Å². The molecule has 0 atom stereocenters. The van der Waals surface area contributed by atoms with Crippen LogP contribution in [0.1, 0.15) is 37.4 Å². The molecule has 0 saturated carbocycles. The Morgan fingerprint density at radius 2 is 1.65 bits per heavy atom. The van der Waals surface area contributed by atoms with Crippen molar-refractivity contribution in [1.82, 2.24) is 5.32 Å². The van der Waals surface area contributed by atoms with Crippen LogP contribution in [0, 0.1) is 13.8 Å². The molecule has 0 aliphatic heterocycles. The minimum absolute atomic E-state index is 0.0143. The highest BCUT2D eigenvalue weighted by molar-refractivity contribution is 7.92. The van der Waals surface area contributed by atoms with E-state index in [4.69, 9.17) is 5.73 Å². The molecule has 3 aromatic carbocycles. The summed E-state index contributed by atoms with van der Waals surface area (Å²) >= 11 is 0. The van der Waals surface area contributed by atoms with E-state index in [1.807, 2.05) is 6.92 Å². The van der Waals surface area contributed by atoms with Gasteiger partial charge in [0.25, 0.3) is 15.9 Å². The molecule has 3 rings (SSSR count). The van der Waals surface area contributed by atoms with Crippen molar-refractivity contribution >= 4 is 27.5 Å². The molecule has 0 spiro atoms. The normalized spacial score (nSPS) is 11.0. The van der Waals surface area contributed by atoms with Crippen molar-refractivity contribution < 1.29 is 18.0 Å². The molecule has 0 aromatic heterocycles. The molecular weight excluding hydrogens is 414 g/mol.